The Labute approximate surface area is 129 Å². The lowest BCUT2D eigenvalue weighted by molar-refractivity contribution is 0.326. The third kappa shape index (κ3) is 3.15. The van der Waals surface area contributed by atoms with Crippen LogP contribution in [0.25, 0.3) is 0 Å². The summed E-state index contributed by atoms with van der Waals surface area (Å²) >= 11 is 6.29. The van der Waals surface area contributed by atoms with E-state index in [2.05, 4.69) is 5.10 Å². The van der Waals surface area contributed by atoms with Crippen molar-refractivity contribution < 1.29 is 8.42 Å². The van der Waals surface area contributed by atoms with Gasteiger partial charge in [0.15, 0.2) is 0 Å². The second kappa shape index (κ2) is 5.50. The molecule has 0 aromatic carbocycles. The maximum atomic E-state index is 11.8. The van der Waals surface area contributed by atoms with Crippen LogP contribution in [0.3, 0.4) is 0 Å². The predicted octanol–water partition coefficient (Wildman–Crippen LogP) is 4.27. The molecule has 1 aliphatic rings. The molecular formula is C13H20Cl2N2O2S. The smallest absolute Gasteiger partial charge is 0.249 e. The first-order valence-electron chi connectivity index (χ1n) is 6.85. The van der Waals surface area contributed by atoms with E-state index in [0.29, 0.717) is 5.69 Å². The lowest BCUT2D eigenvalue weighted by Gasteiger charge is -2.23. The van der Waals surface area contributed by atoms with Gasteiger partial charge in [-0.1, -0.05) is 51.6 Å². The maximum Gasteiger partial charge on any atom is 0.266 e. The number of aromatic nitrogens is 2. The lowest BCUT2D eigenvalue weighted by Crippen LogP contribution is -2.17. The van der Waals surface area contributed by atoms with Crippen molar-refractivity contribution in [2.24, 2.45) is 0 Å². The van der Waals surface area contributed by atoms with Gasteiger partial charge in [-0.2, -0.15) is 5.10 Å². The Morgan fingerprint density at radius 3 is 2.15 bits per heavy atom. The van der Waals surface area contributed by atoms with Crippen LogP contribution in [-0.2, 0) is 14.5 Å². The van der Waals surface area contributed by atoms with E-state index < -0.39 is 14.5 Å². The fraction of sp³-hybridized carbons (Fsp3) is 0.769. The summed E-state index contributed by atoms with van der Waals surface area (Å²) in [5, 5.41) is 4.64. The van der Waals surface area contributed by atoms with Crippen LogP contribution in [0.5, 0.6) is 0 Å². The van der Waals surface area contributed by atoms with E-state index in [1.165, 1.54) is 6.42 Å². The van der Waals surface area contributed by atoms with Gasteiger partial charge in [0.1, 0.15) is 10.0 Å². The lowest BCUT2D eigenvalue weighted by atomic mass is 9.92. The zero-order chi connectivity index (χ0) is 15.1. The summed E-state index contributed by atoms with van der Waals surface area (Å²) in [6.07, 6.45) is 5.41. The van der Waals surface area contributed by atoms with Crippen molar-refractivity contribution in [3.8, 4) is 0 Å². The monoisotopic (exact) mass is 338 g/mol. The first kappa shape index (κ1) is 16.1. The normalized spacial score (nSPS) is 18.4. The van der Waals surface area contributed by atoms with E-state index in [1.807, 2.05) is 20.8 Å². The van der Waals surface area contributed by atoms with E-state index in [9.17, 15) is 8.42 Å². The Kier molecular flexibility index (Phi) is 4.43. The molecule has 1 aliphatic carbocycles. The fourth-order valence-corrected chi connectivity index (χ4v) is 4.67. The predicted molar refractivity (Wildman–Crippen MR) is 81.1 cm³/mol. The Bertz CT molecular complexity index is 597. The van der Waals surface area contributed by atoms with Crippen LogP contribution in [0.2, 0.25) is 5.15 Å². The third-order valence-electron chi connectivity index (χ3n) is 3.69. The molecule has 0 amide bonds. The summed E-state index contributed by atoms with van der Waals surface area (Å²) in [5.41, 5.74) is 0.0176. The van der Waals surface area contributed by atoms with Crippen LogP contribution >= 0.6 is 22.3 Å². The van der Waals surface area contributed by atoms with Crippen molar-refractivity contribution in [2.45, 2.75) is 69.2 Å². The molecule has 20 heavy (non-hydrogen) atoms. The van der Waals surface area contributed by atoms with Crippen LogP contribution in [0.1, 0.15) is 64.6 Å². The average molecular weight is 339 g/mol. The zero-order valence-corrected chi connectivity index (χ0v) is 14.3. The molecule has 4 nitrogen and oxygen atoms in total. The minimum Gasteiger partial charge on any atom is -0.249 e. The highest BCUT2D eigenvalue weighted by atomic mass is 35.7. The van der Waals surface area contributed by atoms with E-state index in [4.69, 9.17) is 22.3 Å². The Balaban J connectivity index is 2.58. The third-order valence-corrected chi connectivity index (χ3v) is 5.50. The summed E-state index contributed by atoms with van der Waals surface area (Å²) < 4.78 is 25.4. The van der Waals surface area contributed by atoms with Crippen molar-refractivity contribution in [2.75, 3.05) is 0 Å². The zero-order valence-electron chi connectivity index (χ0n) is 12.0. The largest absolute Gasteiger partial charge is 0.266 e. The minimum atomic E-state index is -3.91. The molecule has 2 rings (SSSR count). The molecule has 0 aliphatic heterocycles. The van der Waals surface area contributed by atoms with Gasteiger partial charge in [-0.05, 0) is 12.8 Å². The van der Waals surface area contributed by atoms with Gasteiger partial charge in [-0.25, -0.2) is 13.1 Å². The quantitative estimate of drug-likeness (QED) is 0.756. The average Bonchev–Trinajstić information content (AvgIpc) is 2.67. The van der Waals surface area contributed by atoms with Crippen LogP contribution in [0, 0.1) is 0 Å². The summed E-state index contributed by atoms with van der Waals surface area (Å²) in [6.45, 7) is 5.72. The molecular weight excluding hydrogens is 319 g/mol. The summed E-state index contributed by atoms with van der Waals surface area (Å²) in [7, 11) is 1.65. The van der Waals surface area contributed by atoms with Crippen molar-refractivity contribution in [1.29, 1.82) is 0 Å². The topological polar surface area (TPSA) is 52.0 Å². The first-order valence-corrected chi connectivity index (χ1v) is 9.54. The fourth-order valence-electron chi connectivity index (χ4n) is 2.67. The minimum absolute atomic E-state index is 0.0288. The number of rotatable bonds is 2. The van der Waals surface area contributed by atoms with Gasteiger partial charge in [0.05, 0.1) is 11.7 Å². The summed E-state index contributed by atoms with van der Waals surface area (Å²) in [4.78, 5) is -0.0288. The van der Waals surface area contributed by atoms with Crippen molar-refractivity contribution in [3.05, 3.63) is 10.8 Å². The molecule has 0 N–H and O–H groups in total. The molecule has 1 fully saturated rings. The van der Waals surface area contributed by atoms with E-state index in [0.717, 1.165) is 25.7 Å². The molecule has 0 unspecified atom stereocenters. The van der Waals surface area contributed by atoms with Crippen LogP contribution in [-0.4, -0.2) is 18.2 Å². The van der Waals surface area contributed by atoms with Gasteiger partial charge in [0, 0.05) is 16.1 Å². The van der Waals surface area contributed by atoms with Crippen molar-refractivity contribution >= 4 is 31.3 Å². The van der Waals surface area contributed by atoms with Gasteiger partial charge in [0.2, 0.25) is 0 Å². The molecule has 1 aromatic rings. The van der Waals surface area contributed by atoms with Crippen LogP contribution in [0.15, 0.2) is 4.90 Å². The van der Waals surface area contributed by atoms with Crippen molar-refractivity contribution in [3.63, 3.8) is 0 Å². The molecule has 1 saturated carbocycles. The SMILES string of the molecule is CC(C)(C)c1nn(C2CCCCC2)c(Cl)c1S(=O)(=O)Cl. The molecule has 0 atom stereocenters. The van der Waals surface area contributed by atoms with E-state index >= 15 is 0 Å². The standard InChI is InChI=1S/C13H20Cl2N2O2S/c1-13(2,3)11-10(20(15,18)19)12(14)17(16-11)9-7-5-4-6-8-9/h9H,4-8H2,1-3H3. The number of hydrogen-bond donors (Lipinski definition) is 0. The highest BCUT2D eigenvalue weighted by Crippen LogP contribution is 2.39. The highest BCUT2D eigenvalue weighted by Gasteiger charge is 2.34. The van der Waals surface area contributed by atoms with E-state index in [1.54, 1.807) is 4.68 Å². The molecule has 1 aromatic heterocycles. The Morgan fingerprint density at radius 1 is 1.20 bits per heavy atom. The number of nitrogens with zero attached hydrogens (tertiary/aromatic N) is 2. The Hall–Kier alpha value is -0.260. The molecule has 0 bridgehead atoms. The van der Waals surface area contributed by atoms with Gasteiger partial charge in [-0.15, -0.1) is 0 Å². The van der Waals surface area contributed by atoms with Crippen LogP contribution < -0.4 is 0 Å². The molecule has 0 radical (unpaired) electrons. The second-order valence-electron chi connectivity index (χ2n) is 6.39. The maximum absolute atomic E-state index is 11.8. The van der Waals surface area contributed by atoms with E-state index in [-0.39, 0.29) is 16.1 Å². The van der Waals surface area contributed by atoms with Crippen LogP contribution in [0.4, 0.5) is 0 Å². The molecule has 0 spiro atoms. The molecule has 7 heteroatoms. The van der Waals surface area contributed by atoms with Gasteiger partial charge in [0.25, 0.3) is 9.05 Å². The summed E-state index contributed by atoms with van der Waals surface area (Å²) in [6, 6.07) is 0.171. The molecule has 1 heterocycles. The first-order chi connectivity index (χ1) is 9.12. The van der Waals surface area contributed by atoms with Crippen molar-refractivity contribution in [1.82, 2.24) is 9.78 Å². The highest BCUT2D eigenvalue weighted by molar-refractivity contribution is 8.13. The van der Waals surface area contributed by atoms with Gasteiger partial charge >= 0.3 is 0 Å². The molecule has 0 saturated heterocycles. The number of halogens is 2. The second-order valence-corrected chi connectivity index (χ2v) is 9.25. The summed E-state index contributed by atoms with van der Waals surface area (Å²) in [5.74, 6) is 0. The Morgan fingerprint density at radius 2 is 1.75 bits per heavy atom. The number of hydrogen-bond acceptors (Lipinski definition) is 3. The molecule has 114 valence electrons. The van der Waals surface area contributed by atoms with Gasteiger partial charge in [-0.3, -0.25) is 0 Å². The van der Waals surface area contributed by atoms with Gasteiger partial charge < -0.3 is 0 Å².